The van der Waals surface area contributed by atoms with E-state index < -0.39 is 51.0 Å². The molecule has 2 aliphatic heterocycles. The van der Waals surface area contributed by atoms with Crippen molar-refractivity contribution in [1.82, 2.24) is 5.32 Å². The summed E-state index contributed by atoms with van der Waals surface area (Å²) in [4.78, 5) is 63.6. The lowest BCUT2D eigenvalue weighted by Crippen LogP contribution is -2.57. The van der Waals surface area contributed by atoms with Crippen molar-refractivity contribution in [2.75, 3.05) is 19.1 Å². The molecule has 0 aliphatic carbocycles. The Morgan fingerprint density at radius 2 is 1.65 bits per heavy atom. The Morgan fingerprint density at radius 3 is 2.23 bits per heavy atom. The summed E-state index contributed by atoms with van der Waals surface area (Å²) in [5.41, 5.74) is -1.32. The summed E-state index contributed by atoms with van der Waals surface area (Å²) in [5.74, 6) is -4.91. The highest BCUT2D eigenvalue weighted by Crippen LogP contribution is 2.53. The first-order valence-corrected chi connectivity index (χ1v) is 13.0. The summed E-state index contributed by atoms with van der Waals surface area (Å²) in [6.07, 6.45) is -0.308. The Balaban J connectivity index is 1.69. The van der Waals surface area contributed by atoms with Crippen molar-refractivity contribution in [3.8, 4) is 11.5 Å². The van der Waals surface area contributed by atoms with Gasteiger partial charge in [-0.25, -0.2) is 4.90 Å². The van der Waals surface area contributed by atoms with Crippen molar-refractivity contribution >= 4 is 34.8 Å². The van der Waals surface area contributed by atoms with Gasteiger partial charge in [-0.1, -0.05) is 24.3 Å². The van der Waals surface area contributed by atoms with Crippen molar-refractivity contribution in [3.05, 3.63) is 97.6 Å². The standard InChI is InChI=1S/C29H26N4O10/c1-15-21(42-2)12-11-20(25(15)43-3)24-22-23(27(35)31(26(22)34)18-5-4-6-19(13-18)33(40)41)29(30-24,28(36)37)14-16-7-9-17(10-8-16)32(38)39/h4-13,22-24,30H,14H2,1-3H3,(H,36,37). The Kier molecular flexibility index (Phi) is 7.31. The molecule has 2 N–H and O–H groups in total. The third-order valence-electron chi connectivity index (χ3n) is 8.11. The molecule has 222 valence electrons. The van der Waals surface area contributed by atoms with Crippen LogP contribution >= 0.6 is 0 Å². The van der Waals surface area contributed by atoms with Crippen LogP contribution in [0.15, 0.2) is 60.7 Å². The molecule has 0 spiro atoms. The number of benzene rings is 3. The second-order valence-electron chi connectivity index (χ2n) is 10.3. The average Bonchev–Trinajstić information content (AvgIpc) is 3.46. The van der Waals surface area contributed by atoms with E-state index in [1.54, 1.807) is 19.1 Å². The van der Waals surface area contributed by atoms with Gasteiger partial charge in [-0.15, -0.1) is 0 Å². The average molecular weight is 591 g/mol. The molecular weight excluding hydrogens is 564 g/mol. The van der Waals surface area contributed by atoms with E-state index in [1.165, 1.54) is 56.7 Å². The van der Waals surface area contributed by atoms with Crippen LogP contribution in [-0.2, 0) is 20.8 Å². The maximum atomic E-state index is 14.1. The second kappa shape index (κ2) is 10.8. The molecule has 4 atom stereocenters. The van der Waals surface area contributed by atoms with E-state index >= 15 is 0 Å². The van der Waals surface area contributed by atoms with Crippen LogP contribution < -0.4 is 19.7 Å². The SMILES string of the molecule is COc1ccc(C2NC(Cc3ccc([N+](=O)[O-])cc3)(C(=O)O)C3C(=O)N(c4cccc([N+](=O)[O-])c4)C(=O)C23)c(OC)c1C. The maximum Gasteiger partial charge on any atom is 0.325 e. The van der Waals surface area contributed by atoms with Crippen LogP contribution in [-0.4, -0.2) is 52.5 Å². The zero-order chi connectivity index (χ0) is 31.2. The van der Waals surface area contributed by atoms with Gasteiger partial charge in [0.2, 0.25) is 11.8 Å². The smallest absolute Gasteiger partial charge is 0.325 e. The fourth-order valence-corrected chi connectivity index (χ4v) is 6.19. The summed E-state index contributed by atoms with van der Waals surface area (Å²) in [6.45, 7) is 1.73. The Hall–Kier alpha value is -5.37. The van der Waals surface area contributed by atoms with E-state index in [4.69, 9.17) is 9.47 Å². The van der Waals surface area contributed by atoms with Gasteiger partial charge in [-0.2, -0.15) is 0 Å². The minimum absolute atomic E-state index is 0.0650. The summed E-state index contributed by atoms with van der Waals surface area (Å²) in [6, 6.07) is 12.4. The van der Waals surface area contributed by atoms with E-state index in [-0.39, 0.29) is 23.5 Å². The quantitative estimate of drug-likeness (QED) is 0.211. The lowest BCUT2D eigenvalue weighted by atomic mass is 9.76. The number of nitro benzene ring substituents is 2. The van der Waals surface area contributed by atoms with Crippen LogP contribution in [0.25, 0.3) is 0 Å². The van der Waals surface area contributed by atoms with Gasteiger partial charge in [0.15, 0.2) is 0 Å². The van der Waals surface area contributed by atoms with Gasteiger partial charge in [-0.3, -0.25) is 39.9 Å². The maximum absolute atomic E-state index is 14.1. The number of amides is 2. The van der Waals surface area contributed by atoms with Gasteiger partial charge < -0.3 is 14.6 Å². The number of rotatable bonds is 9. The second-order valence-corrected chi connectivity index (χ2v) is 10.3. The number of nitrogens with one attached hydrogen (secondary N) is 1. The minimum Gasteiger partial charge on any atom is -0.496 e. The van der Waals surface area contributed by atoms with Gasteiger partial charge in [0, 0.05) is 47.9 Å². The normalized spacial score (nSPS) is 22.8. The molecule has 0 bridgehead atoms. The van der Waals surface area contributed by atoms with Gasteiger partial charge in [0.05, 0.1) is 41.6 Å². The number of hydrogen-bond donors (Lipinski definition) is 2. The molecule has 0 radical (unpaired) electrons. The van der Waals surface area contributed by atoms with E-state index in [9.17, 15) is 39.7 Å². The highest BCUT2D eigenvalue weighted by molar-refractivity contribution is 6.24. The van der Waals surface area contributed by atoms with Gasteiger partial charge >= 0.3 is 5.97 Å². The summed E-state index contributed by atoms with van der Waals surface area (Å²) < 4.78 is 11.1. The summed E-state index contributed by atoms with van der Waals surface area (Å²) >= 11 is 0. The van der Waals surface area contributed by atoms with Crippen molar-refractivity contribution < 1.29 is 38.8 Å². The van der Waals surface area contributed by atoms with Crippen molar-refractivity contribution in [2.24, 2.45) is 11.8 Å². The number of carboxylic acid groups (broad SMARTS) is 1. The number of nitro groups is 2. The number of anilines is 1. The molecule has 2 amide bonds. The number of ether oxygens (including phenoxy) is 2. The molecule has 43 heavy (non-hydrogen) atoms. The number of carbonyl (C=O) groups is 3. The largest absolute Gasteiger partial charge is 0.496 e. The molecule has 2 heterocycles. The molecule has 2 fully saturated rings. The predicted molar refractivity (Wildman–Crippen MR) is 150 cm³/mol. The highest BCUT2D eigenvalue weighted by atomic mass is 16.6. The van der Waals surface area contributed by atoms with Crippen molar-refractivity contribution in [2.45, 2.75) is 24.9 Å². The monoisotopic (exact) mass is 590 g/mol. The van der Waals surface area contributed by atoms with E-state index in [2.05, 4.69) is 5.32 Å². The Bertz CT molecular complexity index is 1670. The first kappa shape index (κ1) is 29.1. The fraction of sp³-hybridized carbons (Fsp3) is 0.276. The Labute approximate surface area is 244 Å². The molecule has 0 aromatic heterocycles. The van der Waals surface area contributed by atoms with Crippen LogP contribution in [0.1, 0.15) is 22.7 Å². The number of hydrogen-bond acceptors (Lipinski definition) is 10. The van der Waals surface area contributed by atoms with E-state index in [0.29, 0.717) is 28.2 Å². The van der Waals surface area contributed by atoms with Crippen molar-refractivity contribution in [3.63, 3.8) is 0 Å². The molecule has 2 saturated heterocycles. The van der Waals surface area contributed by atoms with E-state index in [1.807, 2.05) is 0 Å². The number of non-ortho nitro benzene ring substituents is 2. The molecule has 3 aromatic rings. The highest BCUT2D eigenvalue weighted by Gasteiger charge is 2.69. The topological polar surface area (TPSA) is 191 Å². The molecule has 5 rings (SSSR count). The first-order chi connectivity index (χ1) is 20.4. The lowest BCUT2D eigenvalue weighted by Gasteiger charge is -2.31. The number of imide groups is 1. The van der Waals surface area contributed by atoms with Gasteiger partial charge in [0.25, 0.3) is 11.4 Å². The number of carbonyl (C=O) groups excluding carboxylic acids is 2. The molecule has 14 nitrogen and oxygen atoms in total. The predicted octanol–water partition coefficient (Wildman–Crippen LogP) is 3.34. The van der Waals surface area contributed by atoms with E-state index in [0.717, 1.165) is 11.0 Å². The number of carboxylic acids is 1. The Morgan fingerprint density at radius 1 is 0.977 bits per heavy atom. The molecule has 14 heteroatoms. The van der Waals surface area contributed by atoms with Crippen LogP contribution in [0, 0.1) is 39.0 Å². The van der Waals surface area contributed by atoms with Crippen LogP contribution in [0.5, 0.6) is 11.5 Å². The molecular formula is C29H26N4O10. The van der Waals surface area contributed by atoms with Gasteiger partial charge in [0.1, 0.15) is 17.0 Å². The third-order valence-corrected chi connectivity index (χ3v) is 8.11. The summed E-state index contributed by atoms with van der Waals surface area (Å²) in [7, 11) is 2.89. The third kappa shape index (κ3) is 4.61. The van der Waals surface area contributed by atoms with Crippen LogP contribution in [0.2, 0.25) is 0 Å². The van der Waals surface area contributed by atoms with Crippen LogP contribution in [0.3, 0.4) is 0 Å². The number of fused-ring (bicyclic) bond motifs is 1. The number of nitrogens with zero attached hydrogens (tertiary/aromatic N) is 3. The van der Waals surface area contributed by atoms with Gasteiger partial charge in [-0.05, 0) is 24.6 Å². The zero-order valence-corrected chi connectivity index (χ0v) is 23.2. The molecule has 0 saturated carbocycles. The fourth-order valence-electron chi connectivity index (χ4n) is 6.19. The molecule has 4 unspecified atom stereocenters. The number of aliphatic carboxylic acids is 1. The van der Waals surface area contributed by atoms with Crippen molar-refractivity contribution in [1.29, 1.82) is 0 Å². The van der Waals surface area contributed by atoms with Crippen LogP contribution in [0.4, 0.5) is 17.1 Å². The first-order valence-electron chi connectivity index (χ1n) is 13.0. The molecule has 2 aliphatic rings. The molecule has 3 aromatic carbocycles. The minimum atomic E-state index is -2.05. The zero-order valence-electron chi connectivity index (χ0n) is 23.2. The lowest BCUT2D eigenvalue weighted by molar-refractivity contribution is -0.385. The summed E-state index contributed by atoms with van der Waals surface area (Å²) in [5, 5.41) is 36.4. The number of methoxy groups -OCH3 is 2.